The average Bonchev–Trinajstić information content (AvgIpc) is 2.92. The predicted octanol–water partition coefficient (Wildman–Crippen LogP) is 2.73. The average molecular weight is 312 g/mol. The standard InChI is InChI=1S/C13H15ClN3O2P/c1-15-13(20)7-6-12-16-11(17-19-12)8-18-10-4-2-9(14)3-5-10/h2-5,15,20H,6-8H2,1H3. The number of hydrogen-bond donors (Lipinski definition) is 1. The Bertz CT molecular complexity index is 571. The number of ether oxygens (including phenoxy) is 1. The van der Waals surface area contributed by atoms with Crippen LogP contribution in [0, 0.1) is 0 Å². The Hall–Kier alpha value is -1.42. The monoisotopic (exact) mass is 311 g/mol. The molecule has 1 aromatic heterocycles. The molecule has 0 aliphatic carbocycles. The molecule has 0 atom stereocenters. The Morgan fingerprint density at radius 2 is 2.15 bits per heavy atom. The quantitative estimate of drug-likeness (QED) is 0.797. The van der Waals surface area contributed by atoms with E-state index in [0.29, 0.717) is 28.9 Å². The van der Waals surface area contributed by atoms with Crippen molar-refractivity contribution in [1.82, 2.24) is 15.5 Å². The first kappa shape index (κ1) is 15.0. The Morgan fingerprint density at radius 1 is 1.40 bits per heavy atom. The molecule has 7 heteroatoms. The lowest BCUT2D eigenvalue weighted by Crippen LogP contribution is -2.15. The number of aryl methyl sites for hydroxylation is 1. The van der Waals surface area contributed by atoms with Crippen LogP contribution < -0.4 is 10.1 Å². The van der Waals surface area contributed by atoms with Gasteiger partial charge in [0.05, 0.1) is 0 Å². The third-order valence-electron chi connectivity index (χ3n) is 2.58. The fourth-order valence-corrected chi connectivity index (χ4v) is 1.74. The van der Waals surface area contributed by atoms with Gasteiger partial charge in [-0.05, 0) is 37.7 Å². The molecule has 0 amide bonds. The van der Waals surface area contributed by atoms with Crippen LogP contribution in [-0.2, 0) is 13.0 Å². The van der Waals surface area contributed by atoms with Crippen molar-refractivity contribution in [2.45, 2.75) is 19.4 Å². The number of nitrogens with one attached hydrogen (secondary N) is 1. The van der Waals surface area contributed by atoms with E-state index >= 15 is 0 Å². The van der Waals surface area contributed by atoms with Gasteiger partial charge < -0.3 is 9.26 Å². The lowest BCUT2D eigenvalue weighted by Gasteiger charge is -2.02. The highest BCUT2D eigenvalue weighted by molar-refractivity contribution is 7.20. The minimum atomic E-state index is 0.265. The van der Waals surface area contributed by atoms with Gasteiger partial charge in [-0.1, -0.05) is 16.8 Å². The van der Waals surface area contributed by atoms with Gasteiger partial charge in [0.25, 0.3) is 0 Å². The normalized spacial score (nSPS) is 10.5. The summed E-state index contributed by atoms with van der Waals surface area (Å²) in [4.78, 5) is 4.26. The molecule has 0 bridgehead atoms. The van der Waals surface area contributed by atoms with Crippen LogP contribution in [0.25, 0.3) is 0 Å². The Kier molecular flexibility index (Phi) is 5.53. The summed E-state index contributed by atoms with van der Waals surface area (Å²) in [6, 6.07) is 7.12. The number of halogens is 1. The summed E-state index contributed by atoms with van der Waals surface area (Å²) in [5.74, 6) is 1.83. The maximum atomic E-state index is 5.80. The smallest absolute Gasteiger partial charge is 0.227 e. The predicted molar refractivity (Wildman–Crippen MR) is 80.8 cm³/mol. The first-order valence-corrected chi connectivity index (χ1v) is 7.00. The number of nitrogens with zero attached hydrogens (tertiary/aromatic N) is 2. The second kappa shape index (κ2) is 7.39. The summed E-state index contributed by atoms with van der Waals surface area (Å²) in [5, 5.41) is 7.54. The van der Waals surface area contributed by atoms with Crippen molar-refractivity contribution < 1.29 is 9.26 Å². The second-order valence-electron chi connectivity index (χ2n) is 4.08. The summed E-state index contributed by atoms with van der Waals surface area (Å²) >= 11 is 5.80. The minimum absolute atomic E-state index is 0.265. The van der Waals surface area contributed by atoms with E-state index in [1.54, 1.807) is 24.3 Å². The van der Waals surface area contributed by atoms with E-state index in [1.165, 1.54) is 0 Å². The molecule has 2 aromatic rings. The van der Waals surface area contributed by atoms with E-state index in [1.807, 2.05) is 7.05 Å². The van der Waals surface area contributed by atoms with Crippen molar-refractivity contribution in [3.63, 3.8) is 0 Å². The van der Waals surface area contributed by atoms with Crippen molar-refractivity contribution in [2.75, 3.05) is 7.05 Å². The van der Waals surface area contributed by atoms with Crippen molar-refractivity contribution in [3.05, 3.63) is 41.0 Å². The summed E-state index contributed by atoms with van der Waals surface area (Å²) in [7, 11) is 5.29. The molecule has 0 fully saturated rings. The number of benzene rings is 1. The molecular formula is C13H15ClN3O2P. The lowest BCUT2D eigenvalue weighted by molar-refractivity contribution is 0.285. The van der Waals surface area contributed by atoms with Gasteiger partial charge in [-0.25, -0.2) is 0 Å². The Balaban J connectivity index is 1.83. The molecule has 106 valence electrons. The number of hydrogen-bond acceptors (Lipinski definition) is 4. The number of aromatic nitrogens is 2. The van der Waals surface area contributed by atoms with Crippen LogP contribution in [0.15, 0.2) is 28.8 Å². The van der Waals surface area contributed by atoms with Crippen molar-refractivity contribution >= 4 is 25.9 Å². The molecule has 20 heavy (non-hydrogen) atoms. The SMILES string of the molecule is CNC(=P)CCc1nc(COc2ccc(Cl)cc2)no1. The molecule has 0 unspecified atom stereocenters. The Labute approximate surface area is 124 Å². The zero-order valence-corrected chi connectivity index (χ0v) is 12.8. The third kappa shape index (κ3) is 4.60. The zero-order chi connectivity index (χ0) is 14.4. The Morgan fingerprint density at radius 3 is 2.85 bits per heavy atom. The van der Waals surface area contributed by atoms with E-state index in [0.717, 1.165) is 11.8 Å². The zero-order valence-electron chi connectivity index (χ0n) is 11.0. The van der Waals surface area contributed by atoms with E-state index in [-0.39, 0.29) is 6.61 Å². The molecule has 5 nitrogen and oxygen atoms in total. The maximum Gasteiger partial charge on any atom is 0.227 e. The molecule has 0 aliphatic rings. The molecular weight excluding hydrogens is 297 g/mol. The fourth-order valence-electron chi connectivity index (χ4n) is 1.49. The highest BCUT2D eigenvalue weighted by Gasteiger charge is 2.07. The molecule has 0 spiro atoms. The van der Waals surface area contributed by atoms with Crippen LogP contribution in [0.3, 0.4) is 0 Å². The summed E-state index contributed by atoms with van der Waals surface area (Å²) < 4.78 is 10.7. The van der Waals surface area contributed by atoms with E-state index in [2.05, 4.69) is 24.3 Å². The van der Waals surface area contributed by atoms with Gasteiger partial charge in [-0.2, -0.15) is 4.98 Å². The first-order valence-electron chi connectivity index (χ1n) is 6.12. The highest BCUT2D eigenvalue weighted by Crippen LogP contribution is 2.16. The summed E-state index contributed by atoms with van der Waals surface area (Å²) in [5.41, 5.74) is 0.988. The molecule has 0 saturated carbocycles. The van der Waals surface area contributed by atoms with Crippen LogP contribution in [0.4, 0.5) is 0 Å². The van der Waals surface area contributed by atoms with E-state index in [9.17, 15) is 0 Å². The van der Waals surface area contributed by atoms with Crippen LogP contribution >= 0.6 is 20.5 Å². The molecule has 0 saturated heterocycles. The van der Waals surface area contributed by atoms with Gasteiger partial charge in [0.15, 0.2) is 6.61 Å². The highest BCUT2D eigenvalue weighted by atomic mass is 35.5. The van der Waals surface area contributed by atoms with Gasteiger partial charge in [-0.3, -0.25) is 5.32 Å². The summed E-state index contributed by atoms with van der Waals surface area (Å²) in [6.07, 6.45) is 1.46. The van der Waals surface area contributed by atoms with Crippen molar-refractivity contribution in [2.24, 2.45) is 0 Å². The van der Waals surface area contributed by atoms with Gasteiger partial charge in [0.1, 0.15) is 5.75 Å². The van der Waals surface area contributed by atoms with Crippen LogP contribution in [0.5, 0.6) is 5.75 Å². The second-order valence-corrected chi connectivity index (χ2v) is 5.12. The largest absolute Gasteiger partial charge is 0.485 e. The van der Waals surface area contributed by atoms with Gasteiger partial charge in [-0.15, -0.1) is 8.86 Å². The molecule has 0 aliphatic heterocycles. The van der Waals surface area contributed by atoms with Gasteiger partial charge in [0, 0.05) is 16.9 Å². The summed E-state index contributed by atoms with van der Waals surface area (Å²) in [6.45, 7) is 0.265. The molecule has 2 rings (SSSR count). The van der Waals surface area contributed by atoms with E-state index < -0.39 is 0 Å². The fraction of sp³-hybridized carbons (Fsp3) is 0.308. The number of rotatable bonds is 7. The first-order chi connectivity index (χ1) is 9.67. The maximum absolute atomic E-state index is 5.80. The van der Waals surface area contributed by atoms with Gasteiger partial charge >= 0.3 is 0 Å². The molecule has 1 heterocycles. The van der Waals surface area contributed by atoms with Crippen LogP contribution in [0.1, 0.15) is 18.1 Å². The van der Waals surface area contributed by atoms with Crippen LogP contribution in [-0.4, -0.2) is 22.6 Å². The van der Waals surface area contributed by atoms with Crippen molar-refractivity contribution in [1.29, 1.82) is 0 Å². The van der Waals surface area contributed by atoms with Crippen LogP contribution in [0.2, 0.25) is 5.02 Å². The molecule has 1 aromatic carbocycles. The van der Waals surface area contributed by atoms with Gasteiger partial charge in [0.2, 0.25) is 11.7 Å². The van der Waals surface area contributed by atoms with Crippen molar-refractivity contribution in [3.8, 4) is 5.75 Å². The molecule has 0 radical (unpaired) electrons. The topological polar surface area (TPSA) is 60.2 Å². The lowest BCUT2D eigenvalue weighted by atomic mass is 10.3. The van der Waals surface area contributed by atoms with E-state index in [4.69, 9.17) is 20.9 Å². The molecule has 1 N–H and O–H groups in total. The minimum Gasteiger partial charge on any atom is -0.485 e. The third-order valence-corrected chi connectivity index (χ3v) is 3.33.